The van der Waals surface area contributed by atoms with Crippen LogP contribution < -0.4 is 34.5 Å². The summed E-state index contributed by atoms with van der Waals surface area (Å²) in [6, 6.07) is 18.4. The fourth-order valence-corrected chi connectivity index (χ4v) is 9.21. The summed E-state index contributed by atoms with van der Waals surface area (Å²) in [6.07, 6.45) is -2.52. The van der Waals surface area contributed by atoms with Crippen LogP contribution in [0, 0.1) is 0 Å². The molecule has 4 aromatic rings. The van der Waals surface area contributed by atoms with Crippen LogP contribution in [0.5, 0.6) is 23.0 Å². The first-order valence-corrected chi connectivity index (χ1v) is 23.8. The molecule has 13 nitrogen and oxygen atoms in total. The highest BCUT2D eigenvalue weighted by Crippen LogP contribution is 2.38. The number of alkyl halides is 6. The second-order valence-corrected chi connectivity index (χ2v) is 18.4. The Morgan fingerprint density at radius 1 is 0.723 bits per heavy atom. The number of unbranched alkanes of at least 4 members (excludes halogenated alkanes) is 1. The first-order chi connectivity index (χ1) is 30.7. The molecule has 0 bridgehead atoms. The number of hydrogen-bond acceptors (Lipinski definition) is 11. The maximum Gasteiger partial charge on any atom is 0.573 e. The molecular formula is C44H48F6N4O9S2. The Morgan fingerprint density at radius 3 is 1.86 bits per heavy atom. The number of allylic oxidation sites excluding steroid dienone is 1. The zero-order valence-electron chi connectivity index (χ0n) is 35.0. The van der Waals surface area contributed by atoms with Crippen LogP contribution in [0.15, 0.2) is 88.7 Å². The lowest BCUT2D eigenvalue weighted by Crippen LogP contribution is -2.29. The molecule has 0 aliphatic carbocycles. The molecule has 0 radical (unpaired) electrons. The number of hydrogen-bond donors (Lipinski definition) is 3. The van der Waals surface area contributed by atoms with Crippen molar-refractivity contribution in [2.45, 2.75) is 80.3 Å². The predicted octanol–water partition coefficient (Wildman–Crippen LogP) is 7.20. The van der Waals surface area contributed by atoms with E-state index in [1.807, 2.05) is 12.1 Å². The fraction of sp³-hybridized carbons (Fsp3) is 0.386. The van der Waals surface area contributed by atoms with Gasteiger partial charge in [-0.3, -0.25) is 4.79 Å². The Labute approximate surface area is 372 Å². The molecule has 0 saturated heterocycles. The molecule has 352 valence electrons. The number of nitrogens with two attached hydrogens (primary N) is 2. The van der Waals surface area contributed by atoms with Crippen LogP contribution in [0.25, 0.3) is 5.70 Å². The molecule has 7 rings (SSSR count). The van der Waals surface area contributed by atoms with Crippen molar-refractivity contribution >= 4 is 31.5 Å². The number of Topliss-reactive ketones (excluding diaryl/α,β-unsaturated/α-hetero) is 1. The second kappa shape index (κ2) is 20.9. The minimum absolute atomic E-state index is 0.0437. The maximum absolute atomic E-state index is 12.7. The maximum atomic E-state index is 12.7. The highest BCUT2D eigenvalue weighted by Gasteiger charge is 2.33. The first kappa shape index (κ1) is 49.1. The number of benzene rings is 4. The third-order valence-corrected chi connectivity index (χ3v) is 12.5. The average Bonchev–Trinajstić information content (AvgIpc) is 3.91. The monoisotopic (exact) mass is 954 g/mol. The molecule has 0 atom stereocenters. The van der Waals surface area contributed by atoms with Gasteiger partial charge in [-0.05, 0) is 116 Å². The quantitative estimate of drug-likeness (QED) is 0.0552. The van der Waals surface area contributed by atoms with Crippen molar-refractivity contribution in [2.75, 3.05) is 39.4 Å². The standard InChI is InChI=1S/C22H25F3N2O5S.C22H23F3N2O4S/c23-22(24,25)32-19-7-2-1-5-15(19)8-11-27-10-4-3-6-18(28)17-13-16-9-12-31-21(16)20(14-17)33(26,29)30;23-22(24,25)31-19-7-2-1-5-15(19)8-11-27-10-4-3-6-18(27)17-13-16-9-12-30-21(16)20(14-17)32(26,28)29/h1-2,5,7,13-14,27H,3-4,6,8-12H2,(H2,26,29,30);1-2,5-7,13-14H,3-4,8-12H2,(H2,26,28,29). The number of nitrogens with zero attached hydrogens (tertiary/aromatic N) is 1. The summed E-state index contributed by atoms with van der Waals surface area (Å²) in [4.78, 5) is 14.4. The largest absolute Gasteiger partial charge is 0.573 e. The van der Waals surface area contributed by atoms with E-state index >= 15 is 0 Å². The lowest BCUT2D eigenvalue weighted by atomic mass is 10.0. The summed E-state index contributed by atoms with van der Waals surface area (Å²) in [5.41, 5.74) is 4.16. The molecule has 4 aromatic carbocycles. The van der Waals surface area contributed by atoms with Crippen LogP contribution >= 0.6 is 0 Å². The number of primary sulfonamides is 2. The van der Waals surface area contributed by atoms with Crippen molar-refractivity contribution in [1.29, 1.82) is 0 Å². The number of ether oxygens (including phenoxy) is 4. The highest BCUT2D eigenvalue weighted by molar-refractivity contribution is 7.89. The molecule has 0 unspecified atom stereocenters. The number of nitrogens with one attached hydrogen (secondary N) is 1. The Hall–Kier alpha value is -5.35. The predicted molar refractivity (Wildman–Crippen MR) is 228 cm³/mol. The minimum Gasteiger partial charge on any atom is -0.492 e. The minimum atomic E-state index is -4.76. The van der Waals surface area contributed by atoms with Gasteiger partial charge in [0.2, 0.25) is 20.0 Å². The van der Waals surface area contributed by atoms with Crippen LogP contribution in [-0.4, -0.2) is 79.6 Å². The summed E-state index contributed by atoms with van der Waals surface area (Å²) in [5, 5.41) is 13.8. The molecule has 65 heavy (non-hydrogen) atoms. The van der Waals surface area contributed by atoms with Crippen molar-refractivity contribution in [3.05, 3.63) is 112 Å². The molecule has 0 saturated carbocycles. The average molecular weight is 955 g/mol. The number of carbonyl (C=O) groups is 1. The van der Waals surface area contributed by atoms with Gasteiger partial charge in [-0.1, -0.05) is 42.5 Å². The van der Waals surface area contributed by atoms with Crippen molar-refractivity contribution in [1.82, 2.24) is 10.2 Å². The van der Waals surface area contributed by atoms with E-state index in [0.717, 1.165) is 24.1 Å². The first-order valence-electron chi connectivity index (χ1n) is 20.7. The van der Waals surface area contributed by atoms with Crippen LogP contribution in [0.4, 0.5) is 26.3 Å². The Morgan fingerprint density at radius 2 is 1.28 bits per heavy atom. The summed E-state index contributed by atoms with van der Waals surface area (Å²) >= 11 is 0. The summed E-state index contributed by atoms with van der Waals surface area (Å²) in [6.45, 7) is 2.91. The van der Waals surface area contributed by atoms with E-state index in [4.69, 9.17) is 19.8 Å². The number of carbonyl (C=O) groups excluding carboxylic acids is 1. The lowest BCUT2D eigenvalue weighted by Gasteiger charge is -2.31. The van der Waals surface area contributed by atoms with Gasteiger partial charge in [0.05, 0.1) is 13.2 Å². The van der Waals surface area contributed by atoms with Gasteiger partial charge in [-0.15, -0.1) is 26.3 Å². The molecular weight excluding hydrogens is 907 g/mol. The van der Waals surface area contributed by atoms with E-state index in [1.165, 1.54) is 36.4 Å². The third-order valence-electron chi connectivity index (χ3n) is 10.7. The van der Waals surface area contributed by atoms with Crippen molar-refractivity contribution in [2.24, 2.45) is 10.3 Å². The number of para-hydroxylation sites is 2. The zero-order valence-corrected chi connectivity index (χ0v) is 36.6. The van der Waals surface area contributed by atoms with E-state index in [0.29, 0.717) is 106 Å². The van der Waals surface area contributed by atoms with Crippen LogP contribution in [0.3, 0.4) is 0 Å². The summed E-state index contributed by atoms with van der Waals surface area (Å²) < 4.78 is 143. The Balaban J connectivity index is 0.000000215. The molecule has 3 aliphatic rings. The van der Waals surface area contributed by atoms with E-state index in [-0.39, 0.29) is 44.8 Å². The fourth-order valence-electron chi connectivity index (χ4n) is 7.73. The number of halogens is 6. The number of fused-ring (bicyclic) bond motifs is 2. The molecule has 0 aromatic heterocycles. The highest BCUT2D eigenvalue weighted by atomic mass is 32.2. The molecule has 3 heterocycles. The lowest BCUT2D eigenvalue weighted by molar-refractivity contribution is -0.275. The van der Waals surface area contributed by atoms with Crippen LogP contribution in [-0.2, 0) is 45.7 Å². The van der Waals surface area contributed by atoms with Crippen molar-refractivity contribution in [3.63, 3.8) is 0 Å². The topological polar surface area (TPSA) is 190 Å². The zero-order chi connectivity index (χ0) is 47.0. The molecule has 0 spiro atoms. The molecule has 0 fully saturated rings. The van der Waals surface area contributed by atoms with Gasteiger partial charge >= 0.3 is 12.7 Å². The van der Waals surface area contributed by atoms with Crippen molar-refractivity contribution < 1.29 is 66.9 Å². The Bertz CT molecular complexity index is 2610. The molecule has 0 amide bonds. The Kier molecular flexibility index (Phi) is 15.8. The summed E-state index contributed by atoms with van der Waals surface area (Å²) in [7, 11) is -7.99. The van der Waals surface area contributed by atoms with Crippen LogP contribution in [0.1, 0.15) is 70.3 Å². The van der Waals surface area contributed by atoms with Crippen molar-refractivity contribution in [3.8, 4) is 23.0 Å². The van der Waals surface area contributed by atoms with Crippen LogP contribution in [0.2, 0.25) is 0 Å². The third kappa shape index (κ3) is 13.8. The number of sulfonamides is 2. The SMILES string of the molecule is NS(=O)(=O)c1cc(C(=O)CCCCNCCc2ccccc2OC(F)(F)F)cc2c1OCC2.NS(=O)(=O)c1cc(C2=CCCCN2CCc2ccccc2OC(F)(F)F)cc2c1OCC2. The van der Waals surface area contributed by atoms with E-state index in [9.17, 15) is 48.0 Å². The smallest absolute Gasteiger partial charge is 0.492 e. The number of ketones is 1. The van der Waals surface area contributed by atoms with Gasteiger partial charge in [0.25, 0.3) is 0 Å². The van der Waals surface area contributed by atoms with Gasteiger partial charge in [0.1, 0.15) is 32.8 Å². The van der Waals surface area contributed by atoms with E-state index in [2.05, 4.69) is 19.7 Å². The summed E-state index contributed by atoms with van der Waals surface area (Å²) in [5.74, 6) is -0.0875. The van der Waals surface area contributed by atoms with Gasteiger partial charge in [-0.25, -0.2) is 27.1 Å². The van der Waals surface area contributed by atoms with Gasteiger partial charge in [-0.2, -0.15) is 0 Å². The van der Waals surface area contributed by atoms with Gasteiger partial charge in [0, 0.05) is 43.6 Å². The van der Waals surface area contributed by atoms with E-state index in [1.54, 1.807) is 30.3 Å². The normalized spacial score (nSPS) is 14.9. The molecule has 21 heteroatoms. The number of rotatable bonds is 17. The van der Waals surface area contributed by atoms with E-state index < -0.39 is 32.8 Å². The molecule has 5 N–H and O–H groups in total. The van der Waals surface area contributed by atoms with Gasteiger partial charge in [0.15, 0.2) is 5.78 Å². The second-order valence-electron chi connectivity index (χ2n) is 15.4. The van der Waals surface area contributed by atoms with Gasteiger partial charge < -0.3 is 29.2 Å². The molecule has 3 aliphatic heterocycles.